The van der Waals surface area contributed by atoms with E-state index in [-0.39, 0.29) is 0 Å². The molecule has 5 heteroatoms. The van der Waals surface area contributed by atoms with Gasteiger partial charge in [-0.05, 0) is 5.92 Å². The Morgan fingerprint density at radius 1 is 1.19 bits per heavy atom. The van der Waals surface area contributed by atoms with E-state index in [1.165, 1.54) is 0 Å². The molecule has 0 atom stereocenters. The summed E-state index contributed by atoms with van der Waals surface area (Å²) in [6, 6.07) is 0. The van der Waals surface area contributed by atoms with Crippen molar-refractivity contribution in [2.75, 3.05) is 47.1 Å². The van der Waals surface area contributed by atoms with Crippen LogP contribution in [0.15, 0.2) is 4.99 Å². The minimum absolute atomic E-state index is 0.608. The van der Waals surface area contributed by atoms with Gasteiger partial charge in [-0.2, -0.15) is 0 Å². The predicted molar refractivity (Wildman–Crippen MR) is 66.9 cm³/mol. The Morgan fingerprint density at radius 2 is 1.94 bits per heavy atom. The average molecular weight is 231 g/mol. The third-order valence-electron chi connectivity index (χ3n) is 1.87. The van der Waals surface area contributed by atoms with Crippen molar-refractivity contribution in [3.63, 3.8) is 0 Å². The lowest BCUT2D eigenvalue weighted by Crippen LogP contribution is -2.40. The Morgan fingerprint density at radius 3 is 2.50 bits per heavy atom. The molecule has 0 radical (unpaired) electrons. The van der Waals surface area contributed by atoms with Gasteiger partial charge in [-0.15, -0.1) is 0 Å². The number of hydrogen-bond donors (Lipinski definition) is 2. The smallest absolute Gasteiger partial charge is 0.191 e. The van der Waals surface area contributed by atoms with Gasteiger partial charge in [0.25, 0.3) is 0 Å². The number of methoxy groups -OCH3 is 1. The molecule has 0 rings (SSSR count). The molecule has 0 saturated carbocycles. The van der Waals surface area contributed by atoms with Crippen LogP contribution in [0.25, 0.3) is 0 Å². The molecule has 0 aromatic heterocycles. The molecule has 0 spiro atoms. The Bertz CT molecular complexity index is 184. The van der Waals surface area contributed by atoms with E-state index in [1.54, 1.807) is 14.2 Å². The lowest BCUT2D eigenvalue weighted by Gasteiger charge is -2.13. The minimum Gasteiger partial charge on any atom is -0.382 e. The van der Waals surface area contributed by atoms with E-state index in [0.29, 0.717) is 25.7 Å². The SMILES string of the molecule is CN=C(NCCOCCOC)NCC(C)C. The lowest BCUT2D eigenvalue weighted by atomic mass is 10.2. The zero-order valence-electron chi connectivity index (χ0n) is 10.9. The highest BCUT2D eigenvalue weighted by atomic mass is 16.5. The molecule has 5 nitrogen and oxygen atoms in total. The second-order valence-corrected chi connectivity index (χ2v) is 3.88. The Kier molecular flexibility index (Phi) is 10.2. The summed E-state index contributed by atoms with van der Waals surface area (Å²) < 4.78 is 10.2. The quantitative estimate of drug-likeness (QED) is 0.362. The zero-order valence-corrected chi connectivity index (χ0v) is 10.9. The van der Waals surface area contributed by atoms with E-state index < -0.39 is 0 Å². The van der Waals surface area contributed by atoms with Crippen molar-refractivity contribution < 1.29 is 9.47 Å². The van der Waals surface area contributed by atoms with Gasteiger partial charge in [-0.25, -0.2) is 0 Å². The van der Waals surface area contributed by atoms with Crippen molar-refractivity contribution >= 4 is 5.96 Å². The molecule has 0 aliphatic heterocycles. The minimum atomic E-state index is 0.608. The number of guanidine groups is 1. The molecular formula is C11H25N3O2. The van der Waals surface area contributed by atoms with Crippen molar-refractivity contribution in [2.45, 2.75) is 13.8 Å². The normalized spacial score (nSPS) is 11.9. The molecule has 0 aromatic rings. The summed E-state index contributed by atoms with van der Waals surface area (Å²) in [6.07, 6.45) is 0. The third kappa shape index (κ3) is 9.73. The fraction of sp³-hybridized carbons (Fsp3) is 0.909. The van der Waals surface area contributed by atoms with Crippen LogP contribution < -0.4 is 10.6 Å². The van der Waals surface area contributed by atoms with Crippen molar-refractivity contribution in [1.82, 2.24) is 10.6 Å². The van der Waals surface area contributed by atoms with Crippen LogP contribution in [-0.4, -0.2) is 53.0 Å². The molecule has 16 heavy (non-hydrogen) atoms. The molecule has 2 N–H and O–H groups in total. The van der Waals surface area contributed by atoms with Gasteiger partial charge >= 0.3 is 0 Å². The molecule has 0 saturated heterocycles. The lowest BCUT2D eigenvalue weighted by molar-refractivity contribution is 0.0733. The van der Waals surface area contributed by atoms with Crippen molar-refractivity contribution in [1.29, 1.82) is 0 Å². The zero-order chi connectivity index (χ0) is 12.2. The van der Waals surface area contributed by atoms with E-state index >= 15 is 0 Å². The first kappa shape index (κ1) is 15.2. The third-order valence-corrected chi connectivity index (χ3v) is 1.87. The topological polar surface area (TPSA) is 54.9 Å². The monoisotopic (exact) mass is 231 g/mol. The number of nitrogens with zero attached hydrogens (tertiary/aromatic N) is 1. The van der Waals surface area contributed by atoms with E-state index in [1.807, 2.05) is 0 Å². The highest BCUT2D eigenvalue weighted by Crippen LogP contribution is 1.86. The largest absolute Gasteiger partial charge is 0.382 e. The summed E-state index contributed by atoms with van der Waals surface area (Å²) in [5.74, 6) is 1.43. The molecule has 0 aliphatic rings. The number of ether oxygens (including phenoxy) is 2. The molecule has 0 amide bonds. The predicted octanol–water partition coefficient (Wildman–Crippen LogP) is 0.470. The molecule has 0 aliphatic carbocycles. The summed E-state index contributed by atoms with van der Waals surface area (Å²) >= 11 is 0. The second-order valence-electron chi connectivity index (χ2n) is 3.88. The van der Waals surface area contributed by atoms with E-state index in [4.69, 9.17) is 9.47 Å². The maximum Gasteiger partial charge on any atom is 0.191 e. The molecule has 0 fully saturated rings. The van der Waals surface area contributed by atoms with Gasteiger partial charge in [-0.3, -0.25) is 4.99 Å². The molecule has 96 valence electrons. The molecule has 0 heterocycles. The van der Waals surface area contributed by atoms with Gasteiger partial charge < -0.3 is 20.1 Å². The number of rotatable bonds is 8. The first-order valence-electron chi connectivity index (χ1n) is 5.72. The summed E-state index contributed by atoms with van der Waals surface area (Å²) in [5, 5.41) is 6.40. The maximum absolute atomic E-state index is 5.32. The van der Waals surface area contributed by atoms with E-state index in [9.17, 15) is 0 Å². The van der Waals surface area contributed by atoms with Gasteiger partial charge in [-0.1, -0.05) is 13.8 Å². The van der Waals surface area contributed by atoms with Gasteiger partial charge in [0.15, 0.2) is 5.96 Å². The summed E-state index contributed by atoms with van der Waals surface area (Å²) in [6.45, 7) is 7.93. The fourth-order valence-electron chi connectivity index (χ4n) is 1.01. The number of nitrogens with one attached hydrogen (secondary N) is 2. The average Bonchev–Trinajstić information content (AvgIpc) is 2.27. The van der Waals surface area contributed by atoms with Crippen LogP contribution in [0.4, 0.5) is 0 Å². The number of aliphatic imine (C=N–C) groups is 1. The highest BCUT2D eigenvalue weighted by Gasteiger charge is 1.98. The van der Waals surface area contributed by atoms with Crippen molar-refractivity contribution in [2.24, 2.45) is 10.9 Å². The van der Waals surface area contributed by atoms with Gasteiger partial charge in [0, 0.05) is 27.2 Å². The second kappa shape index (κ2) is 10.7. The molecule has 0 bridgehead atoms. The van der Waals surface area contributed by atoms with Gasteiger partial charge in [0.05, 0.1) is 19.8 Å². The fourth-order valence-corrected chi connectivity index (χ4v) is 1.01. The first-order chi connectivity index (χ1) is 7.70. The van der Waals surface area contributed by atoms with Crippen LogP contribution in [0.1, 0.15) is 13.8 Å². The molecular weight excluding hydrogens is 206 g/mol. The summed E-state index contributed by atoms with van der Waals surface area (Å²) in [4.78, 5) is 4.11. The van der Waals surface area contributed by atoms with E-state index in [0.717, 1.165) is 19.0 Å². The summed E-state index contributed by atoms with van der Waals surface area (Å²) in [5.41, 5.74) is 0. The van der Waals surface area contributed by atoms with Crippen LogP contribution in [0.5, 0.6) is 0 Å². The molecule has 0 aromatic carbocycles. The Hall–Kier alpha value is -0.810. The van der Waals surface area contributed by atoms with Crippen molar-refractivity contribution in [3.8, 4) is 0 Å². The van der Waals surface area contributed by atoms with Crippen LogP contribution in [0.3, 0.4) is 0 Å². The Labute approximate surface area is 98.6 Å². The van der Waals surface area contributed by atoms with Crippen LogP contribution in [0.2, 0.25) is 0 Å². The number of hydrogen-bond acceptors (Lipinski definition) is 3. The maximum atomic E-state index is 5.32. The van der Waals surface area contributed by atoms with Crippen molar-refractivity contribution in [3.05, 3.63) is 0 Å². The summed E-state index contributed by atoms with van der Waals surface area (Å²) in [7, 11) is 3.43. The van der Waals surface area contributed by atoms with Crippen LogP contribution in [-0.2, 0) is 9.47 Å². The van der Waals surface area contributed by atoms with Gasteiger partial charge in [0.1, 0.15) is 0 Å². The highest BCUT2D eigenvalue weighted by molar-refractivity contribution is 5.79. The standard InChI is InChI=1S/C11H25N3O2/c1-10(2)9-14-11(12-3)13-5-6-16-8-7-15-4/h10H,5-9H2,1-4H3,(H2,12,13,14). The first-order valence-corrected chi connectivity index (χ1v) is 5.72. The Balaban J connectivity index is 3.42. The van der Waals surface area contributed by atoms with E-state index in [2.05, 4.69) is 29.5 Å². The van der Waals surface area contributed by atoms with Crippen LogP contribution in [0, 0.1) is 5.92 Å². The van der Waals surface area contributed by atoms with Crippen LogP contribution >= 0.6 is 0 Å². The van der Waals surface area contributed by atoms with Gasteiger partial charge in [0.2, 0.25) is 0 Å². The molecule has 0 unspecified atom stereocenters.